The van der Waals surface area contributed by atoms with E-state index in [1.807, 2.05) is 29.3 Å². The Kier molecular flexibility index (Phi) is 8.99. The normalized spacial score (nSPS) is 12.6. The summed E-state index contributed by atoms with van der Waals surface area (Å²) < 4.78 is 54.3. The number of rotatable bonds is 12. The number of methoxy groups -OCH3 is 2. The minimum absolute atomic E-state index is 0.156. The molecule has 1 N–H and O–H groups in total. The van der Waals surface area contributed by atoms with Crippen LogP contribution in [0.15, 0.2) is 64.9 Å². The number of thiophene rings is 1. The fourth-order valence-corrected chi connectivity index (χ4v) is 5.53. The summed E-state index contributed by atoms with van der Waals surface area (Å²) in [6, 6.07) is 14.0. The van der Waals surface area contributed by atoms with Crippen molar-refractivity contribution in [1.29, 1.82) is 0 Å². The number of ether oxygens (including phenoxy) is 2. The molecule has 0 bridgehead atoms. The first-order valence-electron chi connectivity index (χ1n) is 10.5. The number of aryl methyl sites for hydroxylation is 1. The second kappa shape index (κ2) is 11.7. The number of sulfonamides is 1. The van der Waals surface area contributed by atoms with Gasteiger partial charge in [-0.3, -0.25) is 0 Å². The van der Waals surface area contributed by atoms with E-state index in [0.29, 0.717) is 31.9 Å². The Balaban J connectivity index is 2.07. The van der Waals surface area contributed by atoms with Crippen molar-refractivity contribution in [1.82, 2.24) is 4.72 Å². The van der Waals surface area contributed by atoms with Gasteiger partial charge in [-0.1, -0.05) is 23.8 Å². The lowest BCUT2D eigenvalue weighted by atomic mass is 10.0. The standard InChI is InChI=1S/C24H29FN2O4S2/c1-18-6-9-20(10-7-18)33(28,29)26-24(23-5-4-16-32-23)21-17-19(25)8-11-22(21)27(12-14-30-2)13-15-31-3/h4-11,16-17,24,26H,12-15H2,1-3H3. The third kappa shape index (κ3) is 6.61. The summed E-state index contributed by atoms with van der Waals surface area (Å²) in [5.41, 5.74) is 2.21. The zero-order valence-electron chi connectivity index (χ0n) is 19.0. The first-order valence-corrected chi connectivity index (χ1v) is 12.9. The second-order valence-corrected chi connectivity index (χ2v) is 10.3. The minimum Gasteiger partial charge on any atom is -0.383 e. The number of nitrogens with one attached hydrogen (secondary N) is 1. The van der Waals surface area contributed by atoms with Crippen LogP contribution in [0, 0.1) is 12.7 Å². The molecule has 0 saturated heterocycles. The number of nitrogens with zero attached hydrogens (tertiary/aromatic N) is 1. The predicted molar refractivity (Wildman–Crippen MR) is 130 cm³/mol. The Morgan fingerprint density at radius 1 is 1.03 bits per heavy atom. The zero-order valence-corrected chi connectivity index (χ0v) is 20.6. The number of hydrogen-bond donors (Lipinski definition) is 1. The van der Waals surface area contributed by atoms with E-state index in [2.05, 4.69) is 4.72 Å². The van der Waals surface area contributed by atoms with Crippen molar-refractivity contribution in [3.8, 4) is 0 Å². The van der Waals surface area contributed by atoms with Gasteiger partial charge in [-0.15, -0.1) is 11.3 Å². The summed E-state index contributed by atoms with van der Waals surface area (Å²) in [5.74, 6) is -0.441. The molecule has 6 nitrogen and oxygen atoms in total. The second-order valence-electron chi connectivity index (χ2n) is 7.56. The van der Waals surface area contributed by atoms with E-state index in [0.717, 1.165) is 16.1 Å². The van der Waals surface area contributed by atoms with Gasteiger partial charge in [0.1, 0.15) is 5.82 Å². The van der Waals surface area contributed by atoms with Gasteiger partial charge < -0.3 is 14.4 Å². The zero-order chi connectivity index (χ0) is 23.8. The number of benzene rings is 2. The molecule has 0 aliphatic heterocycles. The molecule has 0 amide bonds. The lowest BCUT2D eigenvalue weighted by molar-refractivity contribution is 0.190. The highest BCUT2D eigenvalue weighted by atomic mass is 32.2. The molecule has 0 fully saturated rings. The van der Waals surface area contributed by atoms with E-state index in [1.54, 1.807) is 44.6 Å². The van der Waals surface area contributed by atoms with Gasteiger partial charge in [0.05, 0.1) is 24.2 Å². The predicted octanol–water partition coefficient (Wildman–Crippen LogP) is 4.36. The van der Waals surface area contributed by atoms with Crippen LogP contribution in [0.25, 0.3) is 0 Å². The molecule has 9 heteroatoms. The topological polar surface area (TPSA) is 67.9 Å². The van der Waals surface area contributed by atoms with Crippen molar-refractivity contribution in [3.05, 3.63) is 81.8 Å². The van der Waals surface area contributed by atoms with Crippen molar-refractivity contribution in [3.63, 3.8) is 0 Å². The molecular formula is C24H29FN2O4S2. The molecular weight excluding hydrogens is 463 g/mol. The van der Waals surface area contributed by atoms with Crippen LogP contribution in [0.3, 0.4) is 0 Å². The van der Waals surface area contributed by atoms with Gasteiger partial charge in [0.2, 0.25) is 10.0 Å². The van der Waals surface area contributed by atoms with Crippen molar-refractivity contribution in [2.24, 2.45) is 0 Å². The van der Waals surface area contributed by atoms with Crippen molar-refractivity contribution in [2.45, 2.75) is 17.9 Å². The maximum atomic E-state index is 14.5. The molecule has 1 heterocycles. The monoisotopic (exact) mass is 492 g/mol. The smallest absolute Gasteiger partial charge is 0.241 e. The lowest BCUT2D eigenvalue weighted by Gasteiger charge is -2.30. The third-order valence-corrected chi connectivity index (χ3v) is 7.58. The largest absolute Gasteiger partial charge is 0.383 e. The van der Waals surface area contributed by atoms with E-state index in [9.17, 15) is 12.8 Å². The third-order valence-electron chi connectivity index (χ3n) is 5.20. The Morgan fingerprint density at radius 3 is 2.27 bits per heavy atom. The molecule has 0 spiro atoms. The van der Waals surface area contributed by atoms with Crippen LogP contribution in [-0.2, 0) is 19.5 Å². The maximum absolute atomic E-state index is 14.5. The molecule has 1 aromatic heterocycles. The minimum atomic E-state index is -3.87. The molecule has 3 aromatic rings. The van der Waals surface area contributed by atoms with E-state index in [1.165, 1.54) is 23.5 Å². The summed E-state index contributed by atoms with van der Waals surface area (Å²) in [7, 11) is -0.643. The van der Waals surface area contributed by atoms with Crippen LogP contribution in [0.4, 0.5) is 10.1 Å². The SMILES string of the molecule is COCCN(CCOC)c1ccc(F)cc1C(NS(=O)(=O)c1ccc(C)cc1)c1cccs1. The average Bonchev–Trinajstić information content (AvgIpc) is 3.33. The van der Waals surface area contributed by atoms with Crippen molar-refractivity contribution in [2.75, 3.05) is 45.4 Å². The molecule has 1 unspecified atom stereocenters. The Bertz CT molecular complexity index is 1110. The Labute approximate surface area is 199 Å². The van der Waals surface area contributed by atoms with Gasteiger partial charge >= 0.3 is 0 Å². The molecule has 2 aromatic carbocycles. The van der Waals surface area contributed by atoms with Crippen LogP contribution >= 0.6 is 11.3 Å². The number of anilines is 1. The maximum Gasteiger partial charge on any atom is 0.241 e. The van der Waals surface area contributed by atoms with Gasteiger partial charge in [-0.05, 0) is 48.7 Å². The van der Waals surface area contributed by atoms with Gasteiger partial charge in [-0.25, -0.2) is 12.8 Å². The van der Waals surface area contributed by atoms with E-state index < -0.39 is 21.9 Å². The van der Waals surface area contributed by atoms with E-state index in [4.69, 9.17) is 9.47 Å². The van der Waals surface area contributed by atoms with Crippen LogP contribution < -0.4 is 9.62 Å². The fourth-order valence-electron chi connectivity index (χ4n) is 3.47. The van der Waals surface area contributed by atoms with Crippen molar-refractivity contribution >= 4 is 27.0 Å². The fraction of sp³-hybridized carbons (Fsp3) is 0.333. The molecule has 3 rings (SSSR count). The van der Waals surface area contributed by atoms with Crippen LogP contribution in [0.5, 0.6) is 0 Å². The number of hydrogen-bond acceptors (Lipinski definition) is 6. The van der Waals surface area contributed by atoms with Crippen LogP contribution in [-0.4, -0.2) is 48.9 Å². The first-order chi connectivity index (χ1) is 15.9. The summed E-state index contributed by atoms with van der Waals surface area (Å²) in [4.78, 5) is 2.93. The Hall–Kier alpha value is -2.30. The average molecular weight is 493 g/mol. The quantitative estimate of drug-likeness (QED) is 0.407. The van der Waals surface area contributed by atoms with Gasteiger partial charge in [0, 0.05) is 43.4 Å². The highest BCUT2D eigenvalue weighted by Crippen LogP contribution is 2.35. The first kappa shape index (κ1) is 25.3. The molecule has 1 atom stereocenters. The summed E-state index contributed by atoms with van der Waals surface area (Å²) in [6.07, 6.45) is 0. The van der Waals surface area contributed by atoms with Gasteiger partial charge in [0.25, 0.3) is 0 Å². The molecule has 0 saturated carbocycles. The van der Waals surface area contributed by atoms with Gasteiger partial charge in [-0.2, -0.15) is 4.72 Å². The number of halogens is 1. The lowest BCUT2D eigenvalue weighted by Crippen LogP contribution is -2.34. The van der Waals surface area contributed by atoms with Crippen LogP contribution in [0.1, 0.15) is 22.0 Å². The summed E-state index contributed by atoms with van der Waals surface area (Å²) in [5, 5.41) is 1.87. The summed E-state index contributed by atoms with van der Waals surface area (Å²) >= 11 is 1.41. The highest BCUT2D eigenvalue weighted by molar-refractivity contribution is 7.89. The summed E-state index contributed by atoms with van der Waals surface area (Å²) in [6.45, 7) is 3.89. The van der Waals surface area contributed by atoms with E-state index >= 15 is 0 Å². The highest BCUT2D eigenvalue weighted by Gasteiger charge is 2.27. The molecule has 0 aliphatic carbocycles. The van der Waals surface area contributed by atoms with Crippen LogP contribution in [0.2, 0.25) is 0 Å². The molecule has 178 valence electrons. The molecule has 0 aliphatic rings. The van der Waals surface area contributed by atoms with E-state index in [-0.39, 0.29) is 4.90 Å². The van der Waals surface area contributed by atoms with Gasteiger partial charge in [0.15, 0.2) is 0 Å². The van der Waals surface area contributed by atoms with Crippen molar-refractivity contribution < 1.29 is 22.3 Å². The Morgan fingerprint density at radius 2 is 1.70 bits per heavy atom. The molecule has 0 radical (unpaired) electrons. The molecule has 33 heavy (non-hydrogen) atoms.